The summed E-state index contributed by atoms with van der Waals surface area (Å²) >= 11 is 1.22. The van der Waals surface area contributed by atoms with Crippen molar-refractivity contribution in [1.82, 2.24) is 24.8 Å². The lowest BCUT2D eigenvalue weighted by Crippen LogP contribution is -2.08. The second kappa shape index (κ2) is 5.71. The number of fused-ring (bicyclic) bond motifs is 1. The van der Waals surface area contributed by atoms with Crippen molar-refractivity contribution < 1.29 is 10.2 Å². The van der Waals surface area contributed by atoms with Crippen LogP contribution in [0.1, 0.15) is 0 Å². The summed E-state index contributed by atoms with van der Waals surface area (Å²) in [5, 5.41) is 33.2. The molecule has 126 valence electrons. The molecule has 0 aliphatic rings. The van der Waals surface area contributed by atoms with Gasteiger partial charge in [-0.15, -0.1) is 10.2 Å². The molecular formula is C16H14N6O2S. The van der Waals surface area contributed by atoms with E-state index in [4.69, 9.17) is 0 Å². The van der Waals surface area contributed by atoms with Gasteiger partial charge in [0.15, 0.2) is 10.8 Å². The summed E-state index contributed by atoms with van der Waals surface area (Å²) in [5.41, 5.74) is 2.19. The highest BCUT2D eigenvalue weighted by Crippen LogP contribution is 2.38. The fraction of sp³-hybridized carbons (Fsp3) is 0.125. The monoisotopic (exact) mass is 354 g/mol. The standard InChI is InChI=1S/C16H14N6O2S/c1-21(2)10-5-3-9(4-6-10)14-18-19-16-22(14)20-15(25-16)13-11(23)7-17-8-12(13)24/h3-8,23-24H,1-2H3. The smallest absolute Gasteiger partial charge is 0.235 e. The average molecular weight is 354 g/mol. The molecule has 3 heterocycles. The van der Waals surface area contributed by atoms with Gasteiger partial charge >= 0.3 is 0 Å². The van der Waals surface area contributed by atoms with Gasteiger partial charge in [-0.05, 0) is 24.3 Å². The van der Waals surface area contributed by atoms with E-state index in [9.17, 15) is 10.2 Å². The van der Waals surface area contributed by atoms with Crippen molar-refractivity contribution in [3.05, 3.63) is 36.7 Å². The first-order valence-electron chi connectivity index (χ1n) is 7.41. The molecule has 0 saturated heterocycles. The van der Waals surface area contributed by atoms with Crippen LogP contribution >= 0.6 is 11.3 Å². The van der Waals surface area contributed by atoms with Crippen molar-refractivity contribution in [3.63, 3.8) is 0 Å². The number of nitrogens with zero attached hydrogens (tertiary/aromatic N) is 6. The Bertz CT molecular complexity index is 1030. The molecule has 8 nitrogen and oxygen atoms in total. The van der Waals surface area contributed by atoms with E-state index in [1.807, 2.05) is 43.3 Å². The van der Waals surface area contributed by atoms with Gasteiger partial charge in [0.2, 0.25) is 4.96 Å². The molecule has 1 aromatic carbocycles. The quantitative estimate of drug-likeness (QED) is 0.583. The Morgan fingerprint density at radius 1 is 1.00 bits per heavy atom. The van der Waals surface area contributed by atoms with Gasteiger partial charge in [-0.1, -0.05) is 11.3 Å². The SMILES string of the molecule is CN(C)c1ccc(-c2nnc3sc(-c4c(O)cncc4O)nn23)cc1. The molecule has 25 heavy (non-hydrogen) atoms. The zero-order chi connectivity index (χ0) is 17.6. The summed E-state index contributed by atoms with van der Waals surface area (Å²) in [6, 6.07) is 7.88. The highest BCUT2D eigenvalue weighted by atomic mass is 32.1. The van der Waals surface area contributed by atoms with Crippen molar-refractivity contribution in [2.75, 3.05) is 19.0 Å². The van der Waals surface area contributed by atoms with Crippen molar-refractivity contribution in [2.24, 2.45) is 0 Å². The second-order valence-electron chi connectivity index (χ2n) is 5.62. The van der Waals surface area contributed by atoms with Gasteiger partial charge in [0.05, 0.1) is 18.0 Å². The first-order valence-corrected chi connectivity index (χ1v) is 8.22. The fourth-order valence-electron chi connectivity index (χ4n) is 2.46. The molecule has 9 heteroatoms. The number of rotatable bonds is 3. The third-order valence-electron chi connectivity index (χ3n) is 3.75. The lowest BCUT2D eigenvalue weighted by molar-refractivity contribution is 0.449. The molecule has 0 unspecified atom stereocenters. The first-order chi connectivity index (χ1) is 12.0. The van der Waals surface area contributed by atoms with Crippen molar-refractivity contribution >= 4 is 22.0 Å². The highest BCUT2D eigenvalue weighted by Gasteiger charge is 2.19. The van der Waals surface area contributed by atoms with Gasteiger partial charge in [0.25, 0.3) is 0 Å². The summed E-state index contributed by atoms with van der Waals surface area (Å²) in [6.45, 7) is 0. The summed E-state index contributed by atoms with van der Waals surface area (Å²) in [7, 11) is 3.95. The molecule has 0 saturated carbocycles. The zero-order valence-electron chi connectivity index (χ0n) is 13.5. The van der Waals surface area contributed by atoms with Crippen LogP contribution in [-0.2, 0) is 0 Å². The van der Waals surface area contributed by atoms with Crippen LogP contribution in [0.25, 0.3) is 26.9 Å². The predicted molar refractivity (Wildman–Crippen MR) is 95.0 cm³/mol. The molecule has 4 rings (SSSR count). The maximum Gasteiger partial charge on any atom is 0.235 e. The highest BCUT2D eigenvalue weighted by molar-refractivity contribution is 7.19. The first kappa shape index (κ1) is 15.3. The van der Waals surface area contributed by atoms with Gasteiger partial charge in [-0.2, -0.15) is 9.61 Å². The molecule has 0 fully saturated rings. The van der Waals surface area contributed by atoms with E-state index < -0.39 is 0 Å². The Morgan fingerprint density at radius 2 is 1.68 bits per heavy atom. The Kier molecular flexibility index (Phi) is 3.50. The molecule has 3 aromatic heterocycles. The van der Waals surface area contributed by atoms with Gasteiger partial charge in [-0.25, -0.2) is 0 Å². The molecule has 0 atom stereocenters. The van der Waals surface area contributed by atoms with Crippen molar-refractivity contribution in [2.45, 2.75) is 0 Å². The molecule has 0 aliphatic heterocycles. The molecule has 4 aromatic rings. The number of aromatic nitrogens is 5. The van der Waals surface area contributed by atoms with E-state index >= 15 is 0 Å². The number of hydrogen-bond acceptors (Lipinski definition) is 8. The fourth-order valence-corrected chi connectivity index (χ4v) is 3.37. The molecule has 0 radical (unpaired) electrons. The lowest BCUT2D eigenvalue weighted by atomic mass is 10.2. The van der Waals surface area contributed by atoms with Crippen LogP contribution in [0.4, 0.5) is 5.69 Å². The molecular weight excluding hydrogens is 340 g/mol. The van der Waals surface area contributed by atoms with Crippen LogP contribution in [0.5, 0.6) is 11.5 Å². The van der Waals surface area contributed by atoms with Crippen LogP contribution in [0.15, 0.2) is 36.7 Å². The maximum atomic E-state index is 9.97. The third kappa shape index (κ3) is 2.54. The summed E-state index contributed by atoms with van der Waals surface area (Å²) in [5.74, 6) is 0.319. The summed E-state index contributed by atoms with van der Waals surface area (Å²) < 4.78 is 1.60. The van der Waals surface area contributed by atoms with Crippen molar-refractivity contribution in [1.29, 1.82) is 0 Å². The number of benzene rings is 1. The molecule has 0 amide bonds. The van der Waals surface area contributed by atoms with Gasteiger partial charge in [0.1, 0.15) is 11.5 Å². The minimum absolute atomic E-state index is 0.137. The van der Waals surface area contributed by atoms with Gasteiger partial charge in [-0.3, -0.25) is 4.98 Å². The number of hydrogen-bond donors (Lipinski definition) is 2. The van der Waals surface area contributed by atoms with E-state index in [1.54, 1.807) is 4.52 Å². The van der Waals surface area contributed by atoms with Crippen LogP contribution in [0.3, 0.4) is 0 Å². The molecule has 0 bridgehead atoms. The number of anilines is 1. The third-order valence-corrected chi connectivity index (χ3v) is 4.67. The van der Waals surface area contributed by atoms with Crippen LogP contribution in [-0.4, -0.2) is 49.1 Å². The topological polar surface area (TPSA) is 99.7 Å². The minimum atomic E-state index is -0.137. The van der Waals surface area contributed by atoms with Crippen LogP contribution in [0, 0.1) is 0 Å². The van der Waals surface area contributed by atoms with Crippen molar-refractivity contribution in [3.8, 4) is 33.5 Å². The molecule has 0 spiro atoms. The average Bonchev–Trinajstić information content (AvgIpc) is 3.15. The van der Waals surface area contributed by atoms with Crippen LogP contribution < -0.4 is 4.90 Å². The van der Waals surface area contributed by atoms with E-state index in [1.165, 1.54) is 23.7 Å². The Balaban J connectivity index is 1.81. The summed E-state index contributed by atoms with van der Waals surface area (Å²) in [4.78, 5) is 6.32. The van der Waals surface area contributed by atoms with Gasteiger partial charge < -0.3 is 15.1 Å². The number of aromatic hydroxyl groups is 2. The zero-order valence-corrected chi connectivity index (χ0v) is 14.3. The Hall–Kier alpha value is -3.20. The van der Waals surface area contributed by atoms with Crippen LogP contribution in [0.2, 0.25) is 0 Å². The normalized spacial score (nSPS) is 11.1. The predicted octanol–water partition coefficient (Wildman–Crippen LogP) is 2.39. The minimum Gasteiger partial charge on any atom is -0.505 e. The van der Waals surface area contributed by atoms with Gasteiger partial charge in [0, 0.05) is 25.3 Å². The largest absolute Gasteiger partial charge is 0.505 e. The molecule has 0 aliphatic carbocycles. The second-order valence-corrected chi connectivity index (χ2v) is 6.58. The van der Waals surface area contributed by atoms with E-state index in [2.05, 4.69) is 20.3 Å². The van der Waals surface area contributed by atoms with E-state index in [0.29, 0.717) is 15.8 Å². The molecule has 2 N–H and O–H groups in total. The Morgan fingerprint density at radius 3 is 2.32 bits per heavy atom. The maximum absolute atomic E-state index is 9.97. The lowest BCUT2D eigenvalue weighted by Gasteiger charge is -2.12. The van der Waals surface area contributed by atoms with E-state index in [0.717, 1.165) is 11.3 Å². The number of pyridine rings is 1. The Labute approximate surface area is 146 Å². The van der Waals surface area contributed by atoms with E-state index in [-0.39, 0.29) is 17.1 Å². The summed E-state index contributed by atoms with van der Waals surface area (Å²) in [6.07, 6.45) is 2.52.